The maximum atomic E-state index is 13.0. The largest absolute Gasteiger partial charge is 0.417 e. The fourth-order valence-electron chi connectivity index (χ4n) is 3.47. The number of hydrogen-bond donors (Lipinski definition) is 1. The van der Waals surface area contributed by atoms with E-state index in [4.69, 9.17) is 11.6 Å². The smallest absolute Gasteiger partial charge is 0.336 e. The average molecular weight is 468 g/mol. The van der Waals surface area contributed by atoms with E-state index in [2.05, 4.69) is 5.32 Å². The van der Waals surface area contributed by atoms with Gasteiger partial charge in [0.2, 0.25) is 17.7 Å². The van der Waals surface area contributed by atoms with Crippen LogP contribution in [0.4, 0.5) is 24.5 Å². The molecule has 1 atom stereocenters. The minimum Gasteiger partial charge on any atom is -0.336 e. The van der Waals surface area contributed by atoms with Crippen LogP contribution in [0, 0.1) is 12.8 Å². The lowest BCUT2D eigenvalue weighted by Crippen LogP contribution is -2.39. The lowest BCUT2D eigenvalue weighted by Gasteiger charge is -2.21. The lowest BCUT2D eigenvalue weighted by atomic mass is 10.1. The van der Waals surface area contributed by atoms with Crippen LogP contribution >= 0.6 is 11.6 Å². The van der Waals surface area contributed by atoms with Gasteiger partial charge in [0.15, 0.2) is 0 Å². The van der Waals surface area contributed by atoms with Gasteiger partial charge in [0.25, 0.3) is 0 Å². The van der Waals surface area contributed by atoms with Crippen molar-refractivity contribution in [2.24, 2.45) is 5.92 Å². The van der Waals surface area contributed by atoms with E-state index in [0.717, 1.165) is 22.6 Å². The predicted molar refractivity (Wildman–Crippen MR) is 114 cm³/mol. The molecule has 10 heteroatoms. The van der Waals surface area contributed by atoms with E-state index in [9.17, 15) is 27.6 Å². The van der Waals surface area contributed by atoms with E-state index >= 15 is 0 Å². The third-order valence-corrected chi connectivity index (χ3v) is 5.46. The molecule has 6 nitrogen and oxygen atoms in total. The standard InChI is InChI=1S/C22H21ClF3N3O3/c1-13-3-6-16(7-4-13)29-11-14(9-20(29)31)21(32)28(2)12-19(30)27-15-5-8-18(23)17(10-15)22(24,25)26/h3-8,10,14H,9,11-12H2,1-2H3,(H,27,30)/t14-/m0/s1. The predicted octanol–water partition coefficient (Wildman–Crippen LogP) is 4.12. The molecular weight excluding hydrogens is 447 g/mol. The van der Waals surface area contributed by atoms with Gasteiger partial charge in [0.1, 0.15) is 0 Å². The van der Waals surface area contributed by atoms with Crippen LogP contribution in [-0.2, 0) is 20.6 Å². The Kier molecular flexibility index (Phi) is 6.78. The minimum absolute atomic E-state index is 0.0186. The molecule has 0 aliphatic carbocycles. The Morgan fingerprint density at radius 2 is 1.84 bits per heavy atom. The van der Waals surface area contributed by atoms with Crippen LogP contribution in [0.15, 0.2) is 42.5 Å². The highest BCUT2D eigenvalue weighted by Gasteiger charge is 2.37. The van der Waals surface area contributed by atoms with Crippen LogP contribution in [0.1, 0.15) is 17.5 Å². The first-order valence-electron chi connectivity index (χ1n) is 9.74. The summed E-state index contributed by atoms with van der Waals surface area (Å²) in [7, 11) is 1.41. The van der Waals surface area contributed by atoms with Gasteiger partial charge in [-0.25, -0.2) is 0 Å². The van der Waals surface area contributed by atoms with E-state index < -0.39 is 34.5 Å². The van der Waals surface area contributed by atoms with Crippen molar-refractivity contribution in [3.63, 3.8) is 0 Å². The number of carbonyl (C=O) groups excluding carboxylic acids is 3. The Hall–Kier alpha value is -3.07. The number of carbonyl (C=O) groups is 3. The molecule has 170 valence electrons. The van der Waals surface area contributed by atoms with Crippen molar-refractivity contribution in [2.45, 2.75) is 19.5 Å². The molecular formula is C22H21ClF3N3O3. The highest BCUT2D eigenvalue weighted by molar-refractivity contribution is 6.31. The van der Waals surface area contributed by atoms with Crippen LogP contribution < -0.4 is 10.2 Å². The van der Waals surface area contributed by atoms with Crippen molar-refractivity contribution in [1.82, 2.24) is 4.90 Å². The number of anilines is 2. The van der Waals surface area contributed by atoms with Gasteiger partial charge in [-0.3, -0.25) is 14.4 Å². The summed E-state index contributed by atoms with van der Waals surface area (Å²) >= 11 is 5.57. The third kappa shape index (κ3) is 5.40. The summed E-state index contributed by atoms with van der Waals surface area (Å²) in [5.41, 5.74) is 0.581. The number of alkyl halides is 3. The van der Waals surface area contributed by atoms with E-state index in [-0.39, 0.29) is 31.1 Å². The molecule has 1 N–H and O–H groups in total. The van der Waals surface area contributed by atoms with Gasteiger partial charge in [-0.2, -0.15) is 13.2 Å². The summed E-state index contributed by atoms with van der Waals surface area (Å²) in [6.07, 6.45) is -4.65. The maximum absolute atomic E-state index is 13.0. The number of aryl methyl sites for hydroxylation is 1. The molecule has 1 aliphatic rings. The van der Waals surface area contributed by atoms with Gasteiger partial charge in [0, 0.05) is 31.4 Å². The fourth-order valence-corrected chi connectivity index (χ4v) is 3.70. The summed E-state index contributed by atoms with van der Waals surface area (Å²) < 4.78 is 38.9. The molecule has 2 aromatic carbocycles. The second-order valence-electron chi connectivity index (χ2n) is 7.68. The molecule has 0 spiro atoms. The summed E-state index contributed by atoms with van der Waals surface area (Å²) in [6.45, 7) is 1.74. The molecule has 0 saturated carbocycles. The van der Waals surface area contributed by atoms with Crippen molar-refractivity contribution in [3.8, 4) is 0 Å². The van der Waals surface area contributed by atoms with Crippen molar-refractivity contribution < 1.29 is 27.6 Å². The summed E-state index contributed by atoms with van der Waals surface area (Å²) in [5.74, 6) is -1.87. The molecule has 2 aromatic rings. The molecule has 1 saturated heterocycles. The highest BCUT2D eigenvalue weighted by Crippen LogP contribution is 2.36. The molecule has 0 aromatic heterocycles. The zero-order valence-corrected chi connectivity index (χ0v) is 18.1. The fraction of sp³-hybridized carbons (Fsp3) is 0.318. The van der Waals surface area contributed by atoms with Gasteiger partial charge in [-0.05, 0) is 37.3 Å². The Morgan fingerprint density at radius 1 is 1.19 bits per heavy atom. The molecule has 1 aliphatic heterocycles. The Labute approximate surface area is 187 Å². The van der Waals surface area contributed by atoms with Crippen LogP contribution in [0.2, 0.25) is 5.02 Å². The number of rotatable bonds is 5. The number of amides is 3. The van der Waals surface area contributed by atoms with Gasteiger partial charge >= 0.3 is 6.18 Å². The molecule has 3 amide bonds. The van der Waals surface area contributed by atoms with Gasteiger partial charge in [-0.15, -0.1) is 0 Å². The van der Waals surface area contributed by atoms with Gasteiger partial charge in [0.05, 0.1) is 23.0 Å². The highest BCUT2D eigenvalue weighted by atomic mass is 35.5. The van der Waals surface area contributed by atoms with E-state index in [1.165, 1.54) is 18.0 Å². The number of hydrogen-bond acceptors (Lipinski definition) is 3. The van der Waals surface area contributed by atoms with Crippen molar-refractivity contribution in [1.29, 1.82) is 0 Å². The number of nitrogens with zero attached hydrogens (tertiary/aromatic N) is 2. The van der Waals surface area contributed by atoms with Crippen LogP contribution in [0.3, 0.4) is 0 Å². The topological polar surface area (TPSA) is 69.7 Å². The molecule has 0 radical (unpaired) electrons. The van der Waals surface area contributed by atoms with Crippen molar-refractivity contribution >= 4 is 40.7 Å². The first-order chi connectivity index (χ1) is 15.0. The number of nitrogens with one attached hydrogen (secondary N) is 1. The summed E-state index contributed by atoms with van der Waals surface area (Å²) in [5, 5.41) is 1.86. The van der Waals surface area contributed by atoms with Crippen LogP contribution in [0.25, 0.3) is 0 Å². The molecule has 1 heterocycles. The van der Waals surface area contributed by atoms with Gasteiger partial charge < -0.3 is 15.1 Å². The SMILES string of the molecule is Cc1ccc(N2C[C@@H](C(=O)N(C)CC(=O)Nc3ccc(Cl)c(C(F)(F)F)c3)CC2=O)cc1. The zero-order valence-electron chi connectivity index (χ0n) is 17.4. The van der Waals surface area contributed by atoms with Crippen molar-refractivity contribution in [3.05, 3.63) is 58.6 Å². The lowest BCUT2D eigenvalue weighted by molar-refractivity contribution is -0.137. The Morgan fingerprint density at radius 3 is 2.47 bits per heavy atom. The molecule has 0 unspecified atom stereocenters. The number of benzene rings is 2. The van der Waals surface area contributed by atoms with Crippen LogP contribution in [0.5, 0.6) is 0 Å². The second-order valence-corrected chi connectivity index (χ2v) is 8.08. The molecule has 1 fully saturated rings. The number of halogens is 4. The summed E-state index contributed by atoms with van der Waals surface area (Å²) in [4.78, 5) is 40.1. The first-order valence-corrected chi connectivity index (χ1v) is 10.1. The maximum Gasteiger partial charge on any atom is 0.417 e. The molecule has 32 heavy (non-hydrogen) atoms. The van der Waals surface area contributed by atoms with E-state index in [1.807, 2.05) is 19.1 Å². The van der Waals surface area contributed by atoms with Crippen LogP contribution in [-0.4, -0.2) is 42.8 Å². The Balaban J connectivity index is 1.60. The second kappa shape index (κ2) is 9.20. The zero-order chi connectivity index (χ0) is 23.6. The van der Waals surface area contributed by atoms with E-state index in [0.29, 0.717) is 5.69 Å². The third-order valence-electron chi connectivity index (χ3n) is 5.13. The molecule has 0 bridgehead atoms. The Bertz CT molecular complexity index is 1040. The monoisotopic (exact) mass is 467 g/mol. The normalized spacial score (nSPS) is 16.2. The minimum atomic E-state index is -4.66. The number of likely N-dealkylation sites (N-methyl/N-ethyl adjacent to an activating group) is 1. The van der Waals surface area contributed by atoms with Crippen molar-refractivity contribution in [2.75, 3.05) is 30.4 Å². The summed E-state index contributed by atoms with van der Waals surface area (Å²) in [6, 6.07) is 10.4. The van der Waals surface area contributed by atoms with E-state index in [1.54, 1.807) is 12.1 Å². The van der Waals surface area contributed by atoms with Gasteiger partial charge in [-0.1, -0.05) is 29.3 Å². The first kappa shape index (κ1) is 23.6. The average Bonchev–Trinajstić information content (AvgIpc) is 3.10. The quantitative estimate of drug-likeness (QED) is 0.719. The molecule has 3 rings (SSSR count).